The number of aryl methyl sites for hydroxylation is 2. The second-order valence-electron chi connectivity index (χ2n) is 5.61. The van der Waals surface area contributed by atoms with Crippen molar-refractivity contribution >= 4 is 45.8 Å². The van der Waals surface area contributed by atoms with Crippen LogP contribution in [-0.2, 0) is 0 Å². The zero-order chi connectivity index (χ0) is 17.8. The largest absolute Gasteiger partial charge is 0.324 e. The van der Waals surface area contributed by atoms with Crippen molar-refractivity contribution in [3.05, 3.63) is 75.1 Å². The molecule has 1 heterocycles. The molecular weight excluding hydrogens is 427 g/mol. The van der Waals surface area contributed by atoms with E-state index >= 15 is 0 Å². The van der Waals surface area contributed by atoms with Crippen LogP contribution < -0.4 is 10.6 Å². The number of halogens is 1. The molecular formula is C19H17IN4O. The Kier molecular flexibility index (Phi) is 5.28. The number of aromatic nitrogens is 2. The Morgan fingerprint density at radius 3 is 2.16 bits per heavy atom. The summed E-state index contributed by atoms with van der Waals surface area (Å²) in [5, 5.41) is 6.08. The number of carbonyl (C=O) groups is 1. The third-order valence-electron chi connectivity index (χ3n) is 3.50. The van der Waals surface area contributed by atoms with Gasteiger partial charge in [-0.1, -0.05) is 12.1 Å². The average Bonchev–Trinajstić information content (AvgIpc) is 2.56. The lowest BCUT2D eigenvalue weighted by Crippen LogP contribution is -2.13. The topological polar surface area (TPSA) is 66.9 Å². The predicted octanol–water partition coefficient (Wildman–Crippen LogP) is 4.69. The van der Waals surface area contributed by atoms with E-state index in [9.17, 15) is 4.79 Å². The van der Waals surface area contributed by atoms with E-state index in [0.29, 0.717) is 11.5 Å². The maximum atomic E-state index is 12.3. The van der Waals surface area contributed by atoms with E-state index in [1.54, 1.807) is 0 Å². The van der Waals surface area contributed by atoms with Gasteiger partial charge in [0.1, 0.15) is 0 Å². The van der Waals surface area contributed by atoms with Crippen LogP contribution in [0.25, 0.3) is 0 Å². The molecule has 5 nitrogen and oxygen atoms in total. The fourth-order valence-corrected chi connectivity index (χ4v) is 3.02. The van der Waals surface area contributed by atoms with Crippen LogP contribution in [0.15, 0.2) is 54.6 Å². The molecule has 1 aromatic heterocycles. The predicted molar refractivity (Wildman–Crippen MR) is 108 cm³/mol. The number of nitrogens with zero attached hydrogens (tertiary/aromatic N) is 2. The molecule has 0 fully saturated rings. The Morgan fingerprint density at radius 1 is 0.920 bits per heavy atom. The van der Waals surface area contributed by atoms with Crippen LogP contribution in [0.4, 0.5) is 17.3 Å². The van der Waals surface area contributed by atoms with Crippen molar-refractivity contribution in [2.75, 3.05) is 10.6 Å². The minimum atomic E-state index is -0.122. The minimum Gasteiger partial charge on any atom is -0.324 e. The molecule has 0 aliphatic heterocycles. The molecule has 3 rings (SSSR count). The smallest absolute Gasteiger partial charge is 0.256 e. The van der Waals surface area contributed by atoms with Gasteiger partial charge in [0, 0.05) is 26.3 Å². The first-order valence-corrected chi connectivity index (χ1v) is 8.84. The Hall–Kier alpha value is -2.48. The molecule has 6 heteroatoms. The fraction of sp³-hybridized carbons (Fsp3) is 0.105. The van der Waals surface area contributed by atoms with Crippen LogP contribution in [0.1, 0.15) is 21.7 Å². The van der Waals surface area contributed by atoms with Crippen LogP contribution in [-0.4, -0.2) is 15.9 Å². The molecule has 0 saturated heterocycles. The van der Waals surface area contributed by atoms with Gasteiger partial charge in [-0.15, -0.1) is 0 Å². The van der Waals surface area contributed by atoms with E-state index < -0.39 is 0 Å². The third-order valence-corrected chi connectivity index (χ3v) is 4.44. The van der Waals surface area contributed by atoms with Gasteiger partial charge in [0.05, 0.1) is 5.56 Å². The summed E-state index contributed by atoms with van der Waals surface area (Å²) in [4.78, 5) is 21.0. The SMILES string of the molecule is Cc1cc(C)nc(Nc2ccc(NC(=O)c3ccccc3I)cc2)n1. The highest BCUT2D eigenvalue weighted by Crippen LogP contribution is 2.19. The molecule has 0 aliphatic carbocycles. The molecule has 3 aromatic rings. The number of carbonyl (C=O) groups excluding carboxylic acids is 1. The van der Waals surface area contributed by atoms with Gasteiger partial charge in [0.2, 0.25) is 5.95 Å². The van der Waals surface area contributed by atoms with Crippen LogP contribution in [0.5, 0.6) is 0 Å². The maximum absolute atomic E-state index is 12.3. The van der Waals surface area contributed by atoms with Gasteiger partial charge in [-0.25, -0.2) is 9.97 Å². The van der Waals surface area contributed by atoms with Crippen molar-refractivity contribution in [3.8, 4) is 0 Å². The highest BCUT2D eigenvalue weighted by atomic mass is 127. The van der Waals surface area contributed by atoms with E-state index in [4.69, 9.17) is 0 Å². The first kappa shape index (κ1) is 17.3. The molecule has 0 saturated carbocycles. The number of hydrogen-bond donors (Lipinski definition) is 2. The van der Waals surface area contributed by atoms with Crippen LogP contribution >= 0.6 is 22.6 Å². The average molecular weight is 444 g/mol. The van der Waals surface area contributed by atoms with Crippen molar-refractivity contribution in [1.82, 2.24) is 9.97 Å². The zero-order valence-electron chi connectivity index (χ0n) is 13.9. The molecule has 0 atom stereocenters. The van der Waals surface area contributed by atoms with Gasteiger partial charge in [0.25, 0.3) is 5.91 Å². The molecule has 1 amide bonds. The molecule has 25 heavy (non-hydrogen) atoms. The number of nitrogens with one attached hydrogen (secondary N) is 2. The van der Waals surface area contributed by atoms with Crippen LogP contribution in [0, 0.1) is 17.4 Å². The molecule has 0 aliphatic rings. The molecule has 0 spiro atoms. The van der Waals surface area contributed by atoms with Gasteiger partial charge in [0.15, 0.2) is 0 Å². The summed E-state index contributed by atoms with van der Waals surface area (Å²) >= 11 is 2.16. The molecule has 126 valence electrons. The van der Waals surface area contributed by atoms with E-state index in [0.717, 1.165) is 26.3 Å². The lowest BCUT2D eigenvalue weighted by molar-refractivity contribution is 0.102. The molecule has 0 radical (unpaired) electrons. The lowest BCUT2D eigenvalue weighted by Gasteiger charge is -2.09. The second kappa shape index (κ2) is 7.60. The Labute approximate surface area is 160 Å². The summed E-state index contributed by atoms with van der Waals surface area (Å²) in [7, 11) is 0. The van der Waals surface area contributed by atoms with Crippen molar-refractivity contribution in [1.29, 1.82) is 0 Å². The summed E-state index contributed by atoms with van der Waals surface area (Å²) in [5.41, 5.74) is 4.08. The Bertz CT molecular complexity index is 889. The maximum Gasteiger partial charge on any atom is 0.256 e. The van der Waals surface area contributed by atoms with Crippen molar-refractivity contribution < 1.29 is 4.79 Å². The summed E-state index contributed by atoms with van der Waals surface area (Å²) in [6.07, 6.45) is 0. The van der Waals surface area contributed by atoms with E-state index in [-0.39, 0.29) is 5.91 Å². The molecule has 0 unspecified atom stereocenters. The molecule has 2 aromatic carbocycles. The highest BCUT2D eigenvalue weighted by molar-refractivity contribution is 14.1. The fourth-order valence-electron chi connectivity index (χ4n) is 2.39. The van der Waals surface area contributed by atoms with Crippen LogP contribution in [0.3, 0.4) is 0 Å². The van der Waals surface area contributed by atoms with Crippen molar-refractivity contribution in [3.63, 3.8) is 0 Å². The Morgan fingerprint density at radius 2 is 1.52 bits per heavy atom. The molecule has 2 N–H and O–H groups in total. The minimum absolute atomic E-state index is 0.122. The first-order valence-electron chi connectivity index (χ1n) is 7.76. The van der Waals surface area contributed by atoms with E-state index in [1.807, 2.05) is 68.4 Å². The number of amides is 1. The zero-order valence-corrected chi connectivity index (χ0v) is 16.0. The van der Waals surface area contributed by atoms with Gasteiger partial charge in [-0.3, -0.25) is 4.79 Å². The lowest BCUT2D eigenvalue weighted by atomic mass is 10.2. The van der Waals surface area contributed by atoms with Gasteiger partial charge < -0.3 is 10.6 Å². The Balaban J connectivity index is 1.70. The van der Waals surface area contributed by atoms with Crippen molar-refractivity contribution in [2.24, 2.45) is 0 Å². The number of anilines is 3. The van der Waals surface area contributed by atoms with E-state index in [2.05, 4.69) is 43.2 Å². The third kappa shape index (κ3) is 4.54. The highest BCUT2D eigenvalue weighted by Gasteiger charge is 2.09. The molecule has 0 bridgehead atoms. The number of benzene rings is 2. The van der Waals surface area contributed by atoms with Crippen molar-refractivity contribution in [2.45, 2.75) is 13.8 Å². The monoisotopic (exact) mass is 444 g/mol. The summed E-state index contributed by atoms with van der Waals surface area (Å²) in [6.45, 7) is 3.87. The second-order valence-corrected chi connectivity index (χ2v) is 6.77. The summed E-state index contributed by atoms with van der Waals surface area (Å²) < 4.78 is 0.919. The number of hydrogen-bond acceptors (Lipinski definition) is 4. The van der Waals surface area contributed by atoms with Gasteiger partial charge >= 0.3 is 0 Å². The van der Waals surface area contributed by atoms with Gasteiger partial charge in [-0.05, 0) is 78.9 Å². The van der Waals surface area contributed by atoms with Crippen LogP contribution in [0.2, 0.25) is 0 Å². The quantitative estimate of drug-likeness (QED) is 0.573. The normalized spacial score (nSPS) is 10.4. The number of rotatable bonds is 4. The summed E-state index contributed by atoms with van der Waals surface area (Å²) in [6, 6.07) is 16.9. The summed E-state index contributed by atoms with van der Waals surface area (Å²) in [5.74, 6) is 0.441. The van der Waals surface area contributed by atoms with Gasteiger partial charge in [-0.2, -0.15) is 0 Å². The standard InChI is InChI=1S/C19H17IN4O/c1-12-11-13(2)22-19(21-12)24-15-9-7-14(8-10-15)23-18(25)16-5-3-4-6-17(16)20/h3-11H,1-2H3,(H,23,25)(H,21,22,24). The van der Waals surface area contributed by atoms with E-state index in [1.165, 1.54) is 0 Å². The first-order chi connectivity index (χ1) is 12.0.